The fourth-order valence-electron chi connectivity index (χ4n) is 1.56. The van der Waals surface area contributed by atoms with Crippen molar-refractivity contribution in [1.29, 1.82) is 0 Å². The molecule has 3 heteroatoms. The molecule has 0 radical (unpaired) electrons. The number of thiophene rings is 1. The van der Waals surface area contributed by atoms with Crippen molar-refractivity contribution in [3.05, 3.63) is 21.9 Å². The second-order valence-corrected chi connectivity index (χ2v) is 3.92. The summed E-state index contributed by atoms with van der Waals surface area (Å²) in [4.78, 5) is 1.41. The van der Waals surface area contributed by atoms with E-state index in [1.165, 1.54) is 10.4 Å². The van der Waals surface area contributed by atoms with Crippen molar-refractivity contribution in [1.82, 2.24) is 5.32 Å². The molecule has 12 heavy (non-hydrogen) atoms. The van der Waals surface area contributed by atoms with E-state index in [2.05, 4.69) is 16.8 Å². The number of hydrogen-bond acceptors (Lipinski definition) is 3. The highest BCUT2D eigenvalue weighted by Gasteiger charge is 2.20. The van der Waals surface area contributed by atoms with Gasteiger partial charge in [-0.25, -0.2) is 0 Å². The minimum atomic E-state index is 0.291. The van der Waals surface area contributed by atoms with Crippen molar-refractivity contribution < 1.29 is 4.74 Å². The molecule has 0 aliphatic carbocycles. The van der Waals surface area contributed by atoms with Crippen LogP contribution in [0.25, 0.3) is 0 Å². The number of nitrogens with one attached hydrogen (secondary N) is 1. The molecule has 0 amide bonds. The molecule has 2 nitrogen and oxygen atoms in total. The Morgan fingerprint density at radius 3 is 3.50 bits per heavy atom. The largest absolute Gasteiger partial charge is 0.371 e. The van der Waals surface area contributed by atoms with Crippen molar-refractivity contribution in [2.24, 2.45) is 0 Å². The highest BCUT2D eigenvalue weighted by molar-refractivity contribution is 7.10. The Morgan fingerprint density at radius 2 is 2.67 bits per heavy atom. The van der Waals surface area contributed by atoms with Crippen molar-refractivity contribution in [3.8, 4) is 0 Å². The van der Waals surface area contributed by atoms with Gasteiger partial charge in [-0.2, -0.15) is 0 Å². The Balaban J connectivity index is 2.19. The van der Waals surface area contributed by atoms with E-state index in [1.807, 2.05) is 18.4 Å². The summed E-state index contributed by atoms with van der Waals surface area (Å²) in [6, 6.07) is 2.21. The molecule has 0 fully saturated rings. The van der Waals surface area contributed by atoms with E-state index in [0.717, 1.165) is 19.6 Å². The molecule has 0 spiro atoms. The third-order valence-electron chi connectivity index (χ3n) is 2.15. The molecule has 1 N–H and O–H groups in total. The molecule has 1 atom stereocenters. The van der Waals surface area contributed by atoms with Crippen molar-refractivity contribution in [2.75, 3.05) is 20.2 Å². The van der Waals surface area contributed by atoms with Crippen molar-refractivity contribution in [2.45, 2.75) is 12.5 Å². The van der Waals surface area contributed by atoms with Crippen LogP contribution < -0.4 is 5.32 Å². The van der Waals surface area contributed by atoms with E-state index in [1.54, 1.807) is 0 Å². The van der Waals surface area contributed by atoms with Gasteiger partial charge < -0.3 is 10.1 Å². The van der Waals surface area contributed by atoms with Crippen LogP contribution in [0.5, 0.6) is 0 Å². The monoisotopic (exact) mass is 183 g/mol. The molecule has 2 heterocycles. The third kappa shape index (κ3) is 1.40. The maximum Gasteiger partial charge on any atom is 0.104 e. The lowest BCUT2D eigenvalue weighted by molar-refractivity contribution is 0.0469. The number of likely N-dealkylation sites (N-methyl/N-ethyl adjacent to an activating group) is 1. The molecule has 1 aromatic rings. The lowest BCUT2D eigenvalue weighted by Gasteiger charge is -2.22. The summed E-state index contributed by atoms with van der Waals surface area (Å²) in [7, 11) is 1.96. The Bertz CT molecular complexity index is 259. The van der Waals surface area contributed by atoms with Gasteiger partial charge in [0.25, 0.3) is 0 Å². The lowest BCUT2D eigenvalue weighted by Crippen LogP contribution is -2.23. The molecular formula is C9H13NOS. The predicted molar refractivity (Wildman–Crippen MR) is 50.6 cm³/mol. The summed E-state index contributed by atoms with van der Waals surface area (Å²) in [5, 5.41) is 5.30. The molecule has 1 aromatic heterocycles. The zero-order valence-electron chi connectivity index (χ0n) is 7.17. The van der Waals surface area contributed by atoms with Crippen LogP contribution in [0.2, 0.25) is 0 Å². The first kappa shape index (κ1) is 8.23. The number of hydrogen-bond donors (Lipinski definition) is 1. The number of ether oxygens (including phenoxy) is 1. The van der Waals surface area contributed by atoms with E-state index in [0.29, 0.717) is 6.10 Å². The van der Waals surface area contributed by atoms with Crippen LogP contribution >= 0.6 is 11.3 Å². The normalized spacial score (nSPS) is 22.2. The summed E-state index contributed by atoms with van der Waals surface area (Å²) < 4.78 is 5.65. The molecule has 1 unspecified atom stereocenters. The highest BCUT2D eigenvalue weighted by Crippen LogP contribution is 2.30. The first-order valence-corrected chi connectivity index (χ1v) is 5.12. The van der Waals surface area contributed by atoms with E-state index < -0.39 is 0 Å². The van der Waals surface area contributed by atoms with Crippen LogP contribution in [0.1, 0.15) is 16.5 Å². The quantitative estimate of drug-likeness (QED) is 0.751. The van der Waals surface area contributed by atoms with Gasteiger partial charge in [-0.1, -0.05) is 0 Å². The number of fused-ring (bicyclic) bond motifs is 1. The van der Waals surface area contributed by atoms with E-state index in [9.17, 15) is 0 Å². The van der Waals surface area contributed by atoms with Gasteiger partial charge in [-0.3, -0.25) is 0 Å². The molecule has 0 saturated carbocycles. The molecule has 0 saturated heterocycles. The first-order chi connectivity index (χ1) is 5.92. The summed E-state index contributed by atoms with van der Waals surface area (Å²) in [6.07, 6.45) is 1.37. The summed E-state index contributed by atoms with van der Waals surface area (Å²) in [6.45, 7) is 1.80. The van der Waals surface area contributed by atoms with Gasteiger partial charge in [0.05, 0.1) is 6.61 Å². The summed E-state index contributed by atoms with van der Waals surface area (Å²) in [5.74, 6) is 0. The van der Waals surface area contributed by atoms with Gasteiger partial charge in [0, 0.05) is 11.4 Å². The molecule has 1 aliphatic heterocycles. The summed E-state index contributed by atoms with van der Waals surface area (Å²) >= 11 is 1.81. The molecule has 1 aliphatic rings. The van der Waals surface area contributed by atoms with E-state index in [-0.39, 0.29) is 0 Å². The van der Waals surface area contributed by atoms with Crippen LogP contribution in [0.3, 0.4) is 0 Å². The molecule has 66 valence electrons. The number of rotatable bonds is 2. The smallest absolute Gasteiger partial charge is 0.104 e. The van der Waals surface area contributed by atoms with E-state index in [4.69, 9.17) is 4.74 Å². The highest BCUT2D eigenvalue weighted by atomic mass is 32.1. The van der Waals surface area contributed by atoms with Gasteiger partial charge in [-0.05, 0) is 30.5 Å². The zero-order valence-corrected chi connectivity index (χ0v) is 7.99. The third-order valence-corrected chi connectivity index (χ3v) is 3.20. The van der Waals surface area contributed by atoms with Gasteiger partial charge >= 0.3 is 0 Å². The fourth-order valence-corrected chi connectivity index (χ4v) is 2.56. The van der Waals surface area contributed by atoms with Gasteiger partial charge in [0.2, 0.25) is 0 Å². The molecule has 2 rings (SSSR count). The molecular weight excluding hydrogens is 170 g/mol. The van der Waals surface area contributed by atoms with Crippen molar-refractivity contribution in [3.63, 3.8) is 0 Å². The van der Waals surface area contributed by atoms with Crippen LogP contribution in [0.15, 0.2) is 11.4 Å². The Kier molecular flexibility index (Phi) is 2.44. The van der Waals surface area contributed by atoms with Crippen LogP contribution in [0, 0.1) is 0 Å². The standard InChI is InChI=1S/C9H13NOS/c1-10-6-8-9-7(2-4-11-8)3-5-12-9/h3,5,8,10H,2,4,6H2,1H3. The van der Waals surface area contributed by atoms with Gasteiger partial charge in [-0.15, -0.1) is 11.3 Å². The fraction of sp³-hybridized carbons (Fsp3) is 0.556. The first-order valence-electron chi connectivity index (χ1n) is 4.24. The van der Waals surface area contributed by atoms with Gasteiger partial charge in [0.1, 0.15) is 6.10 Å². The Labute approximate surface area is 76.6 Å². The minimum Gasteiger partial charge on any atom is -0.371 e. The second-order valence-electron chi connectivity index (χ2n) is 2.98. The van der Waals surface area contributed by atoms with Crippen LogP contribution in [0.4, 0.5) is 0 Å². The van der Waals surface area contributed by atoms with Gasteiger partial charge in [0.15, 0.2) is 0 Å². The Hall–Kier alpha value is -0.380. The lowest BCUT2D eigenvalue weighted by atomic mass is 10.1. The van der Waals surface area contributed by atoms with Crippen LogP contribution in [-0.4, -0.2) is 20.2 Å². The minimum absolute atomic E-state index is 0.291. The molecule has 0 bridgehead atoms. The van der Waals surface area contributed by atoms with Crippen LogP contribution in [-0.2, 0) is 11.2 Å². The van der Waals surface area contributed by atoms with Crippen molar-refractivity contribution >= 4 is 11.3 Å². The Morgan fingerprint density at radius 1 is 1.75 bits per heavy atom. The maximum atomic E-state index is 5.65. The molecule has 0 aromatic carbocycles. The topological polar surface area (TPSA) is 21.3 Å². The maximum absolute atomic E-state index is 5.65. The average Bonchev–Trinajstić information content (AvgIpc) is 2.53. The van der Waals surface area contributed by atoms with E-state index >= 15 is 0 Å². The predicted octanol–water partition coefficient (Wildman–Crippen LogP) is 1.58. The second kappa shape index (κ2) is 3.56. The SMILES string of the molecule is CNCC1OCCc2ccsc21. The summed E-state index contributed by atoms with van der Waals surface area (Å²) in [5.41, 5.74) is 1.48. The zero-order chi connectivity index (χ0) is 8.39. The average molecular weight is 183 g/mol.